The molecule has 552 valence electrons. The molecular weight excluding hydrogens is 1360 g/mol. The van der Waals surface area contributed by atoms with E-state index >= 15 is 0 Å². The highest BCUT2D eigenvalue weighted by atomic mass is 16.5. The first-order valence-corrected chi connectivity index (χ1v) is 36.2. The predicted molar refractivity (Wildman–Crippen MR) is 443 cm³/mol. The SMILES string of the molecule is C=CC(=O)OCCCc1ccc(N(c2ccc(C)c(C)c2)c2ccc(C)c(C)c2)cc1.C=CC(=O)OCCCc1ccc(N(c2ccccc2)c2ccc(CCCOC(=O)C=C)cc2)cc1.C=CC(=O)Oc1ccc(-c2ccc(N(c3ccc(-c4ccc(OC(=O)C=C)cc4)cc3)c3ccc(C)c(C)c3)cc2)cc1. The zero-order valence-corrected chi connectivity index (χ0v) is 63.0. The van der Waals surface area contributed by atoms with Gasteiger partial charge >= 0.3 is 29.8 Å². The fourth-order valence-electron chi connectivity index (χ4n) is 11.8. The first kappa shape index (κ1) is 80.0. The van der Waals surface area contributed by atoms with E-state index in [2.05, 4.69) is 277 Å². The molecule has 13 heteroatoms. The van der Waals surface area contributed by atoms with Gasteiger partial charge in [-0.15, -0.1) is 0 Å². The van der Waals surface area contributed by atoms with Crippen molar-refractivity contribution in [3.8, 4) is 33.8 Å². The van der Waals surface area contributed by atoms with Gasteiger partial charge in [0.05, 0.1) is 19.8 Å². The van der Waals surface area contributed by atoms with E-state index in [9.17, 15) is 24.0 Å². The highest BCUT2D eigenvalue weighted by Crippen LogP contribution is 2.40. The van der Waals surface area contributed by atoms with Crippen molar-refractivity contribution in [1.82, 2.24) is 0 Å². The minimum absolute atomic E-state index is 0.368. The molecule has 0 aromatic heterocycles. The summed E-state index contributed by atoms with van der Waals surface area (Å²) in [4.78, 5) is 63.2. The summed E-state index contributed by atoms with van der Waals surface area (Å²) in [5, 5.41) is 0. The molecule has 0 aliphatic heterocycles. The number of rotatable bonds is 30. The molecular formula is C96H93N3O10. The minimum atomic E-state index is -0.485. The molecule has 0 fully saturated rings. The zero-order valence-electron chi connectivity index (χ0n) is 63.0. The number of hydrogen-bond acceptors (Lipinski definition) is 13. The van der Waals surface area contributed by atoms with Crippen molar-refractivity contribution >= 4 is 81.0 Å². The van der Waals surface area contributed by atoms with Gasteiger partial charge in [0.25, 0.3) is 0 Å². The second-order valence-electron chi connectivity index (χ2n) is 26.0. The second kappa shape index (κ2) is 40.4. The molecule has 13 nitrogen and oxygen atoms in total. The number of carbonyl (C=O) groups excluding carboxylic acids is 5. The number of anilines is 9. The van der Waals surface area contributed by atoms with E-state index in [-0.39, 0.29) is 17.9 Å². The van der Waals surface area contributed by atoms with Crippen LogP contribution in [0.3, 0.4) is 0 Å². The molecule has 0 aliphatic carbocycles. The molecule has 109 heavy (non-hydrogen) atoms. The molecule has 0 spiro atoms. The normalized spacial score (nSPS) is 10.4. The van der Waals surface area contributed by atoms with Crippen molar-refractivity contribution in [2.45, 2.75) is 80.1 Å². The van der Waals surface area contributed by atoms with Crippen LogP contribution in [0.5, 0.6) is 11.5 Å². The lowest BCUT2D eigenvalue weighted by molar-refractivity contribution is -0.138. The van der Waals surface area contributed by atoms with Gasteiger partial charge in [0, 0.05) is 81.6 Å². The van der Waals surface area contributed by atoms with Gasteiger partial charge in [0.15, 0.2) is 0 Å². The first-order chi connectivity index (χ1) is 52.8. The summed E-state index contributed by atoms with van der Waals surface area (Å²) in [6, 6.07) is 87.0. The van der Waals surface area contributed by atoms with Crippen molar-refractivity contribution in [2.75, 3.05) is 34.5 Å². The minimum Gasteiger partial charge on any atom is -0.463 e. The van der Waals surface area contributed by atoms with Crippen LogP contribution >= 0.6 is 0 Å². The highest BCUT2D eigenvalue weighted by molar-refractivity contribution is 5.86. The van der Waals surface area contributed by atoms with Crippen LogP contribution in [0.1, 0.15) is 69.3 Å². The molecule has 0 unspecified atom stereocenters. The van der Waals surface area contributed by atoms with E-state index in [0.717, 1.165) is 124 Å². The van der Waals surface area contributed by atoms with Crippen LogP contribution in [0.2, 0.25) is 0 Å². The first-order valence-electron chi connectivity index (χ1n) is 36.2. The van der Waals surface area contributed by atoms with Gasteiger partial charge in [0.1, 0.15) is 11.5 Å². The highest BCUT2D eigenvalue weighted by Gasteiger charge is 2.18. The number of nitrogens with zero attached hydrogens (tertiary/aromatic N) is 3. The number of carbonyl (C=O) groups is 5. The molecule has 0 saturated carbocycles. The Bertz CT molecular complexity index is 4680. The Hall–Kier alpha value is -13.1. The number of aryl methyl sites for hydroxylation is 9. The number of hydrogen-bond donors (Lipinski definition) is 0. The Morgan fingerprint density at radius 2 is 0.495 bits per heavy atom. The lowest BCUT2D eigenvalue weighted by Gasteiger charge is -2.27. The Balaban J connectivity index is 0.000000191. The zero-order chi connectivity index (χ0) is 77.6. The van der Waals surface area contributed by atoms with E-state index in [1.807, 2.05) is 42.5 Å². The van der Waals surface area contributed by atoms with E-state index < -0.39 is 11.9 Å². The molecule has 0 heterocycles. The molecule has 11 rings (SSSR count). The molecule has 0 radical (unpaired) electrons. The molecule has 0 bridgehead atoms. The smallest absolute Gasteiger partial charge is 0.335 e. The quantitative estimate of drug-likeness (QED) is 0.0139. The van der Waals surface area contributed by atoms with E-state index in [0.29, 0.717) is 31.3 Å². The maximum absolute atomic E-state index is 11.5. The average molecular weight is 1450 g/mol. The van der Waals surface area contributed by atoms with Crippen molar-refractivity contribution < 1.29 is 47.7 Å². The van der Waals surface area contributed by atoms with Crippen LogP contribution in [0.25, 0.3) is 22.3 Å². The van der Waals surface area contributed by atoms with E-state index in [1.165, 1.54) is 68.3 Å². The van der Waals surface area contributed by atoms with Crippen LogP contribution < -0.4 is 24.2 Å². The lowest BCUT2D eigenvalue weighted by Crippen LogP contribution is -2.11. The number of esters is 5. The maximum Gasteiger partial charge on any atom is 0.335 e. The Kier molecular flexibility index (Phi) is 29.6. The number of para-hydroxylation sites is 1. The van der Waals surface area contributed by atoms with Gasteiger partial charge < -0.3 is 38.4 Å². The van der Waals surface area contributed by atoms with Crippen molar-refractivity contribution in [2.24, 2.45) is 0 Å². The third kappa shape index (κ3) is 23.4. The summed E-state index contributed by atoms with van der Waals surface area (Å²) in [5.74, 6) is -1.17. The third-order valence-electron chi connectivity index (χ3n) is 18.3. The summed E-state index contributed by atoms with van der Waals surface area (Å²) < 4.78 is 25.6. The van der Waals surface area contributed by atoms with Crippen LogP contribution in [0.4, 0.5) is 51.2 Å². The molecule has 11 aromatic rings. The summed E-state index contributed by atoms with van der Waals surface area (Å²) >= 11 is 0. The summed E-state index contributed by atoms with van der Waals surface area (Å²) in [5.41, 5.74) is 25.0. The van der Waals surface area contributed by atoms with Gasteiger partial charge in [-0.1, -0.05) is 154 Å². The fourth-order valence-corrected chi connectivity index (χ4v) is 11.8. The van der Waals surface area contributed by atoms with Crippen LogP contribution in [-0.2, 0) is 57.4 Å². The largest absolute Gasteiger partial charge is 0.463 e. The molecule has 0 saturated heterocycles. The van der Waals surface area contributed by atoms with Gasteiger partial charge in [-0.2, -0.15) is 0 Å². The molecule has 11 aromatic carbocycles. The number of ether oxygens (including phenoxy) is 5. The van der Waals surface area contributed by atoms with Gasteiger partial charge in [-0.25, -0.2) is 24.0 Å². The van der Waals surface area contributed by atoms with Crippen LogP contribution in [-0.4, -0.2) is 49.7 Å². The van der Waals surface area contributed by atoms with E-state index in [4.69, 9.17) is 23.7 Å². The van der Waals surface area contributed by atoms with Gasteiger partial charge in [-0.05, 0) is 286 Å². The molecule has 0 amide bonds. The Labute approximate surface area is 641 Å². The van der Waals surface area contributed by atoms with Crippen molar-refractivity contribution in [3.63, 3.8) is 0 Å². The monoisotopic (exact) mass is 1450 g/mol. The van der Waals surface area contributed by atoms with Gasteiger partial charge in [-0.3, -0.25) is 0 Å². The van der Waals surface area contributed by atoms with Crippen LogP contribution in [0, 0.1) is 41.5 Å². The maximum atomic E-state index is 11.5. The topological polar surface area (TPSA) is 141 Å². The summed E-state index contributed by atoms with van der Waals surface area (Å²) in [6.45, 7) is 31.1. The third-order valence-corrected chi connectivity index (χ3v) is 18.3. The van der Waals surface area contributed by atoms with Crippen molar-refractivity contribution in [1.29, 1.82) is 0 Å². The predicted octanol–water partition coefficient (Wildman–Crippen LogP) is 22.8. The van der Waals surface area contributed by atoms with Crippen LogP contribution in [0.15, 0.2) is 318 Å². The average Bonchev–Trinajstić information content (AvgIpc) is 0.801. The van der Waals surface area contributed by atoms with Gasteiger partial charge in [0.2, 0.25) is 0 Å². The Morgan fingerprint density at radius 1 is 0.266 bits per heavy atom. The lowest BCUT2D eigenvalue weighted by atomic mass is 10.0. The molecule has 0 atom stereocenters. The fraction of sp³-hybridized carbons (Fsp3) is 0.156. The second-order valence-corrected chi connectivity index (χ2v) is 26.0. The summed E-state index contributed by atoms with van der Waals surface area (Å²) in [6.07, 6.45) is 10.7. The number of benzene rings is 11. The standard InChI is InChI=1S/C38H31NO4.C30H31NO4.C28H31NO2/c1-5-37(40)42-35-21-12-30(13-22-35)28-8-17-32(18-9-28)39(34-16-7-26(3)27(4)25-34)33-19-10-29(11-20-33)31-14-23-36(24-15-31)43-38(41)6-2;1-3-29(32)34-22-8-10-24-14-18-27(19-15-24)31(26-12-6-5-7-13-26)28-20-16-25(17-21-28)11-9-23-35-30(33)4-2;1-6-28(30)31-17-7-8-24-11-15-25(16-12-24)29(26-13-9-20(2)22(4)18-26)27-14-10-21(3)23(5)19-27/h5-25H,1-2H2,3-4H3;3-7,12-21H,1-2,8-11,22-23H2;6,9-16,18-19H,1,7-8,17H2,2-5H3. The molecule has 0 N–H and O–H groups in total. The molecule has 0 aliphatic rings. The Morgan fingerprint density at radius 3 is 0.761 bits per heavy atom. The van der Waals surface area contributed by atoms with Crippen molar-refractivity contribution in [3.05, 3.63) is 368 Å². The summed E-state index contributed by atoms with van der Waals surface area (Å²) in [7, 11) is 0. The van der Waals surface area contributed by atoms with E-state index in [1.54, 1.807) is 24.3 Å².